The highest BCUT2D eigenvalue weighted by molar-refractivity contribution is 5.62. The maximum atomic E-state index is 5.69. The van der Waals surface area contributed by atoms with Crippen LogP contribution < -0.4 is 16.0 Å². The molecule has 5 nitrogen and oxygen atoms in total. The average molecular weight is 267 g/mol. The highest BCUT2D eigenvalue weighted by atomic mass is 15.3. The standard InChI is InChI=1S/C15H17N5/c16-12-3-1-10(2-4-12)13-5-6-15(19-18-13)20-8-11-7-17-14(11)9-20/h1-6,11,14,17H,7-9,16H2/t11-,14+/m0/s1. The highest BCUT2D eigenvalue weighted by Gasteiger charge is 2.39. The predicted molar refractivity (Wildman–Crippen MR) is 79.4 cm³/mol. The fourth-order valence-electron chi connectivity index (χ4n) is 2.94. The number of nitrogens with one attached hydrogen (secondary N) is 1. The topological polar surface area (TPSA) is 67.1 Å². The van der Waals surface area contributed by atoms with Crippen LogP contribution in [-0.2, 0) is 0 Å². The second-order valence-electron chi connectivity index (χ2n) is 5.58. The molecule has 0 radical (unpaired) electrons. The van der Waals surface area contributed by atoms with Crippen LogP contribution in [0.5, 0.6) is 0 Å². The summed E-state index contributed by atoms with van der Waals surface area (Å²) in [6.45, 7) is 3.27. The Hall–Kier alpha value is -2.14. The Balaban J connectivity index is 1.55. The minimum Gasteiger partial charge on any atom is -0.399 e. The quantitative estimate of drug-likeness (QED) is 0.799. The van der Waals surface area contributed by atoms with E-state index in [1.54, 1.807) is 0 Å². The van der Waals surface area contributed by atoms with E-state index < -0.39 is 0 Å². The van der Waals surface area contributed by atoms with Crippen molar-refractivity contribution in [1.82, 2.24) is 15.5 Å². The van der Waals surface area contributed by atoms with Crippen molar-refractivity contribution in [2.45, 2.75) is 6.04 Å². The molecule has 5 heteroatoms. The summed E-state index contributed by atoms with van der Waals surface area (Å²) in [5.41, 5.74) is 8.38. The summed E-state index contributed by atoms with van der Waals surface area (Å²) in [6, 6.07) is 12.4. The van der Waals surface area contributed by atoms with Gasteiger partial charge in [0.2, 0.25) is 0 Å². The lowest BCUT2D eigenvalue weighted by Gasteiger charge is -2.29. The molecule has 2 atom stereocenters. The molecular formula is C15H17N5. The van der Waals surface area contributed by atoms with Gasteiger partial charge in [0.15, 0.2) is 5.82 Å². The molecule has 4 rings (SSSR count). The number of nitrogen functional groups attached to an aromatic ring is 1. The number of nitrogens with two attached hydrogens (primary N) is 1. The molecule has 0 spiro atoms. The lowest BCUT2D eigenvalue weighted by Crippen LogP contribution is -2.51. The van der Waals surface area contributed by atoms with Gasteiger partial charge in [-0.15, -0.1) is 10.2 Å². The van der Waals surface area contributed by atoms with Gasteiger partial charge < -0.3 is 16.0 Å². The maximum absolute atomic E-state index is 5.69. The summed E-state index contributed by atoms with van der Waals surface area (Å²) in [5, 5.41) is 12.2. The van der Waals surface area contributed by atoms with E-state index in [0.29, 0.717) is 6.04 Å². The molecule has 0 unspecified atom stereocenters. The summed E-state index contributed by atoms with van der Waals surface area (Å²) in [5.74, 6) is 1.76. The number of fused-ring (bicyclic) bond motifs is 1. The first kappa shape index (κ1) is 11.7. The zero-order valence-electron chi connectivity index (χ0n) is 11.2. The third-order valence-electron chi connectivity index (χ3n) is 4.26. The van der Waals surface area contributed by atoms with E-state index in [1.807, 2.05) is 30.3 Å². The van der Waals surface area contributed by atoms with Gasteiger partial charge in [0, 0.05) is 42.8 Å². The monoisotopic (exact) mass is 267 g/mol. The van der Waals surface area contributed by atoms with Gasteiger partial charge in [-0.05, 0) is 24.3 Å². The van der Waals surface area contributed by atoms with Crippen LogP contribution in [0.1, 0.15) is 0 Å². The number of benzene rings is 1. The van der Waals surface area contributed by atoms with Crippen LogP contribution in [0.4, 0.5) is 11.5 Å². The number of hydrogen-bond donors (Lipinski definition) is 2. The first-order chi connectivity index (χ1) is 9.79. The summed E-state index contributed by atoms with van der Waals surface area (Å²) >= 11 is 0. The van der Waals surface area contributed by atoms with Gasteiger partial charge in [-0.25, -0.2) is 0 Å². The van der Waals surface area contributed by atoms with Crippen molar-refractivity contribution >= 4 is 11.5 Å². The number of aromatic nitrogens is 2. The van der Waals surface area contributed by atoms with E-state index in [9.17, 15) is 0 Å². The van der Waals surface area contributed by atoms with Crippen molar-refractivity contribution in [3.8, 4) is 11.3 Å². The van der Waals surface area contributed by atoms with Crippen LogP contribution in [-0.4, -0.2) is 35.9 Å². The Bertz CT molecular complexity index is 595. The molecule has 0 amide bonds. The average Bonchev–Trinajstić information content (AvgIpc) is 2.76. The summed E-state index contributed by atoms with van der Waals surface area (Å²) in [6.07, 6.45) is 0. The number of anilines is 2. The molecular weight excluding hydrogens is 250 g/mol. The third kappa shape index (κ3) is 1.91. The molecule has 2 aliphatic heterocycles. The lowest BCUT2D eigenvalue weighted by molar-refractivity contribution is 0.297. The Morgan fingerprint density at radius 3 is 2.45 bits per heavy atom. The third-order valence-corrected chi connectivity index (χ3v) is 4.26. The molecule has 3 N–H and O–H groups in total. The zero-order valence-corrected chi connectivity index (χ0v) is 11.2. The number of hydrogen-bond acceptors (Lipinski definition) is 5. The van der Waals surface area contributed by atoms with Gasteiger partial charge >= 0.3 is 0 Å². The molecule has 2 aromatic rings. The van der Waals surface area contributed by atoms with Gasteiger partial charge in [-0.3, -0.25) is 0 Å². The zero-order chi connectivity index (χ0) is 13.5. The molecule has 2 fully saturated rings. The van der Waals surface area contributed by atoms with Crippen molar-refractivity contribution in [3.63, 3.8) is 0 Å². The molecule has 0 saturated carbocycles. The van der Waals surface area contributed by atoms with Crippen molar-refractivity contribution in [3.05, 3.63) is 36.4 Å². The molecule has 1 aromatic carbocycles. The number of nitrogens with zero attached hydrogens (tertiary/aromatic N) is 3. The van der Waals surface area contributed by atoms with Gasteiger partial charge in [-0.1, -0.05) is 12.1 Å². The summed E-state index contributed by atoms with van der Waals surface area (Å²) < 4.78 is 0. The second-order valence-corrected chi connectivity index (χ2v) is 5.58. The maximum Gasteiger partial charge on any atom is 0.151 e. The van der Waals surface area contributed by atoms with Crippen LogP contribution in [0.3, 0.4) is 0 Å². The van der Waals surface area contributed by atoms with Crippen molar-refractivity contribution in [2.75, 3.05) is 30.3 Å². The Morgan fingerprint density at radius 2 is 1.90 bits per heavy atom. The van der Waals surface area contributed by atoms with Crippen molar-refractivity contribution in [1.29, 1.82) is 0 Å². The van der Waals surface area contributed by atoms with E-state index in [-0.39, 0.29) is 0 Å². The molecule has 1 aromatic heterocycles. The van der Waals surface area contributed by atoms with Crippen LogP contribution in [0.2, 0.25) is 0 Å². The van der Waals surface area contributed by atoms with Gasteiger partial charge in [0.1, 0.15) is 0 Å². The van der Waals surface area contributed by atoms with E-state index in [0.717, 1.165) is 48.3 Å². The minimum atomic E-state index is 0.647. The van der Waals surface area contributed by atoms with Gasteiger partial charge in [0.05, 0.1) is 5.69 Å². The first-order valence-electron chi connectivity index (χ1n) is 6.97. The lowest BCUT2D eigenvalue weighted by atomic mass is 9.96. The fourth-order valence-corrected chi connectivity index (χ4v) is 2.94. The Kier molecular flexibility index (Phi) is 2.60. The fraction of sp³-hybridized carbons (Fsp3) is 0.333. The molecule has 2 aliphatic rings. The predicted octanol–water partition coefficient (Wildman–Crippen LogP) is 1.13. The van der Waals surface area contributed by atoms with Crippen LogP contribution >= 0.6 is 0 Å². The number of rotatable bonds is 2. The molecule has 20 heavy (non-hydrogen) atoms. The normalized spacial score (nSPS) is 24.3. The molecule has 2 saturated heterocycles. The summed E-state index contributed by atoms with van der Waals surface area (Å²) in [7, 11) is 0. The minimum absolute atomic E-state index is 0.647. The molecule has 3 heterocycles. The molecule has 102 valence electrons. The van der Waals surface area contributed by atoms with Gasteiger partial charge in [0.25, 0.3) is 0 Å². The Morgan fingerprint density at radius 1 is 1.05 bits per heavy atom. The summed E-state index contributed by atoms with van der Waals surface area (Å²) in [4.78, 5) is 2.31. The van der Waals surface area contributed by atoms with E-state index in [1.165, 1.54) is 0 Å². The van der Waals surface area contributed by atoms with E-state index in [4.69, 9.17) is 5.73 Å². The highest BCUT2D eigenvalue weighted by Crippen LogP contribution is 2.27. The Labute approximate surface area is 117 Å². The van der Waals surface area contributed by atoms with Gasteiger partial charge in [-0.2, -0.15) is 0 Å². The SMILES string of the molecule is Nc1ccc(-c2ccc(N3C[C@@H]4CN[C@@H]4C3)nn2)cc1. The molecule has 0 bridgehead atoms. The van der Waals surface area contributed by atoms with E-state index >= 15 is 0 Å². The van der Waals surface area contributed by atoms with Crippen molar-refractivity contribution < 1.29 is 0 Å². The van der Waals surface area contributed by atoms with E-state index in [2.05, 4.69) is 26.5 Å². The molecule has 0 aliphatic carbocycles. The van der Waals surface area contributed by atoms with Crippen LogP contribution in [0, 0.1) is 5.92 Å². The van der Waals surface area contributed by atoms with Crippen molar-refractivity contribution in [2.24, 2.45) is 5.92 Å². The first-order valence-corrected chi connectivity index (χ1v) is 6.97. The van der Waals surface area contributed by atoms with Crippen LogP contribution in [0.25, 0.3) is 11.3 Å². The smallest absolute Gasteiger partial charge is 0.151 e. The van der Waals surface area contributed by atoms with Crippen LogP contribution in [0.15, 0.2) is 36.4 Å². The largest absolute Gasteiger partial charge is 0.399 e. The second kappa shape index (κ2) is 4.45.